The van der Waals surface area contributed by atoms with E-state index < -0.39 is 0 Å². The topological polar surface area (TPSA) is 47.3 Å². The molecule has 0 unspecified atom stereocenters. The van der Waals surface area contributed by atoms with E-state index >= 15 is 0 Å². The van der Waals surface area contributed by atoms with Gasteiger partial charge in [0.2, 0.25) is 0 Å². The standard InChI is InChI=1S/C16H13ClN2O2/c1-21-13-5-6-14(16(20)10-13)15-7-8-18-19(15)12-4-2-3-11(17)9-12/h2-10,20H,1H3. The number of halogens is 1. The zero-order chi connectivity index (χ0) is 14.8. The number of aromatic nitrogens is 2. The summed E-state index contributed by atoms with van der Waals surface area (Å²) in [5, 5.41) is 15.1. The SMILES string of the molecule is COc1ccc(-c2ccnn2-c2cccc(Cl)c2)c(O)c1. The van der Waals surface area contributed by atoms with Gasteiger partial charge in [-0.1, -0.05) is 17.7 Å². The quantitative estimate of drug-likeness (QED) is 0.798. The van der Waals surface area contributed by atoms with E-state index in [1.165, 1.54) is 0 Å². The van der Waals surface area contributed by atoms with Gasteiger partial charge >= 0.3 is 0 Å². The lowest BCUT2D eigenvalue weighted by molar-refractivity contribution is 0.408. The van der Waals surface area contributed by atoms with Gasteiger partial charge in [-0.05, 0) is 36.4 Å². The van der Waals surface area contributed by atoms with E-state index in [0.717, 1.165) is 11.4 Å². The molecule has 0 saturated heterocycles. The molecule has 0 aliphatic rings. The van der Waals surface area contributed by atoms with Gasteiger partial charge in [-0.15, -0.1) is 0 Å². The zero-order valence-corrected chi connectivity index (χ0v) is 12.1. The number of nitrogens with zero attached hydrogens (tertiary/aromatic N) is 2. The maximum absolute atomic E-state index is 10.2. The lowest BCUT2D eigenvalue weighted by Crippen LogP contribution is -1.99. The number of hydrogen-bond donors (Lipinski definition) is 1. The molecule has 0 radical (unpaired) electrons. The molecule has 3 rings (SSSR count). The van der Waals surface area contributed by atoms with E-state index in [2.05, 4.69) is 5.10 Å². The van der Waals surface area contributed by atoms with Crippen molar-refractivity contribution in [2.75, 3.05) is 7.11 Å². The highest BCUT2D eigenvalue weighted by atomic mass is 35.5. The molecule has 0 bridgehead atoms. The molecule has 1 N–H and O–H groups in total. The smallest absolute Gasteiger partial charge is 0.128 e. The molecular weight excluding hydrogens is 288 g/mol. The number of phenols is 1. The highest BCUT2D eigenvalue weighted by molar-refractivity contribution is 6.30. The Labute approximate surface area is 127 Å². The minimum Gasteiger partial charge on any atom is -0.507 e. The van der Waals surface area contributed by atoms with E-state index in [1.54, 1.807) is 42.3 Å². The molecule has 21 heavy (non-hydrogen) atoms. The van der Waals surface area contributed by atoms with Crippen LogP contribution in [0.15, 0.2) is 54.7 Å². The fourth-order valence-corrected chi connectivity index (χ4v) is 2.36. The van der Waals surface area contributed by atoms with E-state index in [9.17, 15) is 5.11 Å². The van der Waals surface area contributed by atoms with Crippen LogP contribution in [0.25, 0.3) is 16.9 Å². The monoisotopic (exact) mass is 300 g/mol. The Hall–Kier alpha value is -2.46. The maximum atomic E-state index is 10.2. The second-order valence-electron chi connectivity index (χ2n) is 4.49. The first kappa shape index (κ1) is 13.5. The largest absolute Gasteiger partial charge is 0.507 e. The van der Waals surface area contributed by atoms with Crippen molar-refractivity contribution in [3.63, 3.8) is 0 Å². The third-order valence-electron chi connectivity index (χ3n) is 3.18. The first-order valence-electron chi connectivity index (χ1n) is 6.36. The number of benzene rings is 2. The summed E-state index contributed by atoms with van der Waals surface area (Å²) in [6.07, 6.45) is 1.68. The lowest BCUT2D eigenvalue weighted by Gasteiger charge is -2.10. The van der Waals surface area contributed by atoms with Gasteiger partial charge in [-0.25, -0.2) is 4.68 Å². The van der Waals surface area contributed by atoms with Crippen LogP contribution < -0.4 is 4.74 Å². The van der Waals surface area contributed by atoms with Gasteiger partial charge in [0.1, 0.15) is 11.5 Å². The van der Waals surface area contributed by atoms with Gasteiger partial charge in [0, 0.05) is 16.7 Å². The number of rotatable bonds is 3. The molecule has 3 aromatic rings. The molecule has 0 spiro atoms. The third kappa shape index (κ3) is 2.58. The Morgan fingerprint density at radius 2 is 2.00 bits per heavy atom. The van der Waals surface area contributed by atoms with Crippen LogP contribution in [0, 0.1) is 0 Å². The van der Waals surface area contributed by atoms with Crippen LogP contribution in [-0.4, -0.2) is 22.0 Å². The maximum Gasteiger partial charge on any atom is 0.128 e. The summed E-state index contributed by atoms with van der Waals surface area (Å²) in [7, 11) is 1.56. The van der Waals surface area contributed by atoms with Crippen molar-refractivity contribution in [1.82, 2.24) is 9.78 Å². The van der Waals surface area contributed by atoms with E-state index in [-0.39, 0.29) is 5.75 Å². The molecule has 0 amide bonds. The second-order valence-corrected chi connectivity index (χ2v) is 4.93. The van der Waals surface area contributed by atoms with Crippen LogP contribution in [0.3, 0.4) is 0 Å². The van der Waals surface area contributed by atoms with Crippen LogP contribution in [0.5, 0.6) is 11.5 Å². The van der Waals surface area contributed by atoms with Crippen molar-refractivity contribution >= 4 is 11.6 Å². The molecule has 4 nitrogen and oxygen atoms in total. The molecule has 0 fully saturated rings. The minimum atomic E-state index is 0.137. The third-order valence-corrected chi connectivity index (χ3v) is 3.41. The Morgan fingerprint density at radius 3 is 2.71 bits per heavy atom. The molecule has 1 heterocycles. The Bertz CT molecular complexity index is 783. The lowest BCUT2D eigenvalue weighted by atomic mass is 10.1. The van der Waals surface area contributed by atoms with Gasteiger partial charge in [0.15, 0.2) is 0 Å². The molecule has 0 saturated carbocycles. The number of aromatic hydroxyl groups is 1. The summed E-state index contributed by atoms with van der Waals surface area (Å²) < 4.78 is 6.83. The average molecular weight is 301 g/mol. The molecule has 106 valence electrons. The number of methoxy groups -OCH3 is 1. The van der Waals surface area contributed by atoms with Crippen LogP contribution in [0.4, 0.5) is 0 Å². The van der Waals surface area contributed by atoms with Gasteiger partial charge < -0.3 is 9.84 Å². The molecular formula is C16H13ClN2O2. The van der Waals surface area contributed by atoms with E-state index in [1.807, 2.05) is 24.3 Å². The van der Waals surface area contributed by atoms with Crippen molar-refractivity contribution in [2.45, 2.75) is 0 Å². The van der Waals surface area contributed by atoms with Crippen molar-refractivity contribution in [1.29, 1.82) is 0 Å². The zero-order valence-electron chi connectivity index (χ0n) is 11.3. The van der Waals surface area contributed by atoms with Crippen LogP contribution in [-0.2, 0) is 0 Å². The van der Waals surface area contributed by atoms with Crippen LogP contribution in [0.2, 0.25) is 5.02 Å². The molecule has 5 heteroatoms. The summed E-state index contributed by atoms with van der Waals surface area (Å²) in [5.74, 6) is 0.739. The summed E-state index contributed by atoms with van der Waals surface area (Å²) in [6.45, 7) is 0. The van der Waals surface area contributed by atoms with Crippen molar-refractivity contribution in [3.05, 3.63) is 59.8 Å². The van der Waals surface area contributed by atoms with Crippen LogP contribution in [0.1, 0.15) is 0 Å². The van der Waals surface area contributed by atoms with Gasteiger partial charge in [-0.2, -0.15) is 5.10 Å². The highest BCUT2D eigenvalue weighted by Crippen LogP contribution is 2.33. The first-order valence-corrected chi connectivity index (χ1v) is 6.74. The molecule has 0 aliphatic heterocycles. The molecule has 0 aliphatic carbocycles. The minimum absolute atomic E-state index is 0.137. The second kappa shape index (κ2) is 5.50. The van der Waals surface area contributed by atoms with Crippen molar-refractivity contribution < 1.29 is 9.84 Å². The van der Waals surface area contributed by atoms with Crippen molar-refractivity contribution in [3.8, 4) is 28.4 Å². The predicted octanol–water partition coefficient (Wildman–Crippen LogP) is 3.91. The summed E-state index contributed by atoms with van der Waals surface area (Å²) >= 11 is 6.02. The summed E-state index contributed by atoms with van der Waals surface area (Å²) in [4.78, 5) is 0. The van der Waals surface area contributed by atoms with E-state index in [0.29, 0.717) is 16.3 Å². The van der Waals surface area contributed by atoms with Crippen molar-refractivity contribution in [2.24, 2.45) is 0 Å². The fraction of sp³-hybridized carbons (Fsp3) is 0.0625. The Morgan fingerprint density at radius 1 is 1.14 bits per heavy atom. The molecule has 0 atom stereocenters. The first-order chi connectivity index (χ1) is 10.2. The molecule has 1 aromatic heterocycles. The fourth-order valence-electron chi connectivity index (χ4n) is 2.18. The molecule has 2 aromatic carbocycles. The van der Waals surface area contributed by atoms with Gasteiger partial charge in [0.05, 0.1) is 24.7 Å². The number of phenolic OH excluding ortho intramolecular Hbond substituents is 1. The van der Waals surface area contributed by atoms with Crippen LogP contribution >= 0.6 is 11.6 Å². The number of hydrogen-bond acceptors (Lipinski definition) is 3. The Kier molecular flexibility index (Phi) is 3.54. The average Bonchev–Trinajstić information content (AvgIpc) is 2.96. The Balaban J connectivity index is 2.11. The van der Waals surface area contributed by atoms with Gasteiger partial charge in [-0.3, -0.25) is 0 Å². The summed E-state index contributed by atoms with van der Waals surface area (Å²) in [6, 6.07) is 14.4. The normalized spacial score (nSPS) is 10.6. The van der Waals surface area contributed by atoms with E-state index in [4.69, 9.17) is 16.3 Å². The summed E-state index contributed by atoms with van der Waals surface area (Å²) in [5.41, 5.74) is 2.28. The number of ether oxygens (including phenoxy) is 1. The van der Waals surface area contributed by atoms with Gasteiger partial charge in [0.25, 0.3) is 0 Å². The predicted molar refractivity (Wildman–Crippen MR) is 82.2 cm³/mol. The highest BCUT2D eigenvalue weighted by Gasteiger charge is 2.12.